The molecule has 0 radical (unpaired) electrons. The number of hydrogen-bond donors (Lipinski definition) is 1. The van der Waals surface area contributed by atoms with Crippen molar-refractivity contribution in [2.75, 3.05) is 13.1 Å². The molecule has 2 aromatic rings. The number of aromatic nitrogens is 1. The highest BCUT2D eigenvalue weighted by atomic mass is 32.2. The number of piperidine rings is 1. The lowest BCUT2D eigenvalue weighted by atomic mass is 9.97. The second kappa shape index (κ2) is 10.2. The molecule has 1 N–H and O–H groups in total. The van der Waals surface area contributed by atoms with Crippen LogP contribution in [0.1, 0.15) is 66.8 Å². The van der Waals surface area contributed by atoms with Gasteiger partial charge in [0.1, 0.15) is 5.69 Å². The lowest BCUT2D eigenvalue weighted by molar-refractivity contribution is -0.126. The van der Waals surface area contributed by atoms with Crippen molar-refractivity contribution >= 4 is 28.1 Å². The van der Waals surface area contributed by atoms with Gasteiger partial charge in [-0.2, -0.15) is 4.31 Å². The first-order valence-electron chi connectivity index (χ1n) is 11.6. The third kappa shape index (κ3) is 5.55. The van der Waals surface area contributed by atoms with Crippen molar-refractivity contribution < 1.29 is 17.7 Å². The Labute approximate surface area is 197 Å². The molecule has 7 nitrogen and oxygen atoms in total. The van der Waals surface area contributed by atoms with E-state index in [1.54, 1.807) is 13.0 Å². The van der Waals surface area contributed by atoms with Crippen LogP contribution < -0.4 is 5.32 Å². The highest BCUT2D eigenvalue weighted by Crippen LogP contribution is 2.30. The first-order chi connectivity index (χ1) is 15.5. The molecule has 0 spiro atoms. The number of nitrogens with zero attached hydrogens (tertiary/aromatic N) is 2. The number of sulfonamides is 1. The number of rotatable bonds is 7. The number of carbonyl (C=O) groups is 1. The molecule has 8 heteroatoms. The fourth-order valence-electron chi connectivity index (χ4n) is 4.36. The molecular formula is C25H35N3O4S. The zero-order valence-corrected chi connectivity index (χ0v) is 21.3. The van der Waals surface area contributed by atoms with E-state index in [2.05, 4.69) is 29.5 Å². The predicted molar refractivity (Wildman–Crippen MR) is 130 cm³/mol. The van der Waals surface area contributed by atoms with E-state index in [9.17, 15) is 13.2 Å². The van der Waals surface area contributed by atoms with Crippen LogP contribution in [-0.2, 0) is 14.8 Å². The Kier molecular flexibility index (Phi) is 7.80. The Morgan fingerprint density at radius 2 is 1.79 bits per heavy atom. The van der Waals surface area contributed by atoms with Crippen molar-refractivity contribution in [1.29, 1.82) is 0 Å². The summed E-state index contributed by atoms with van der Waals surface area (Å²) in [5.74, 6) is 0.0689. The Morgan fingerprint density at radius 3 is 2.36 bits per heavy atom. The minimum Gasteiger partial charge on any atom is -0.355 e. The van der Waals surface area contributed by atoms with Crippen LogP contribution in [0.3, 0.4) is 0 Å². The first-order valence-corrected chi connectivity index (χ1v) is 13.0. The van der Waals surface area contributed by atoms with E-state index >= 15 is 0 Å². The fourth-order valence-corrected chi connectivity index (χ4v) is 6.08. The molecule has 1 fully saturated rings. The van der Waals surface area contributed by atoms with Gasteiger partial charge in [0.15, 0.2) is 10.7 Å². The van der Waals surface area contributed by atoms with E-state index in [0.717, 1.165) is 23.1 Å². The number of nitrogens with one attached hydrogen (secondary N) is 1. The normalized spacial score (nSPS) is 16.9. The molecule has 0 bridgehead atoms. The molecule has 0 unspecified atom stereocenters. The van der Waals surface area contributed by atoms with Crippen LogP contribution in [0.2, 0.25) is 0 Å². The van der Waals surface area contributed by atoms with Gasteiger partial charge < -0.3 is 9.84 Å². The summed E-state index contributed by atoms with van der Waals surface area (Å²) < 4.78 is 33.8. The summed E-state index contributed by atoms with van der Waals surface area (Å²) in [7, 11) is -3.79. The van der Waals surface area contributed by atoms with Gasteiger partial charge in [0.25, 0.3) is 0 Å². The minimum atomic E-state index is -3.79. The highest BCUT2D eigenvalue weighted by Gasteiger charge is 2.36. The first kappa shape index (κ1) is 25.2. The molecule has 0 aliphatic carbocycles. The number of carbonyl (C=O) groups excluding carboxylic acids is 1. The summed E-state index contributed by atoms with van der Waals surface area (Å²) in [6, 6.07) is 4.31. The van der Waals surface area contributed by atoms with E-state index in [1.165, 1.54) is 9.87 Å². The molecular weight excluding hydrogens is 438 g/mol. The van der Waals surface area contributed by atoms with Crippen molar-refractivity contribution in [2.45, 2.75) is 71.7 Å². The monoisotopic (exact) mass is 473 g/mol. The highest BCUT2D eigenvalue weighted by molar-refractivity contribution is 7.89. The summed E-state index contributed by atoms with van der Waals surface area (Å²) in [6.07, 6.45) is 5.43. The summed E-state index contributed by atoms with van der Waals surface area (Å²) in [6.45, 7) is 12.3. The van der Waals surface area contributed by atoms with Crippen molar-refractivity contribution in [1.82, 2.24) is 14.8 Å². The van der Waals surface area contributed by atoms with E-state index in [0.29, 0.717) is 31.6 Å². The van der Waals surface area contributed by atoms with Crippen LogP contribution in [0.15, 0.2) is 21.6 Å². The zero-order valence-electron chi connectivity index (χ0n) is 20.4. The molecule has 1 saturated heterocycles. The largest absolute Gasteiger partial charge is 0.355 e. The van der Waals surface area contributed by atoms with E-state index < -0.39 is 10.0 Å². The summed E-state index contributed by atoms with van der Waals surface area (Å²) in [4.78, 5) is 12.5. The molecule has 1 aromatic heterocycles. The Balaban J connectivity index is 1.79. The maximum Gasteiger partial charge on any atom is 0.248 e. The molecule has 33 heavy (non-hydrogen) atoms. The standard InChI is InChI=1S/C25H35N3O4S/c1-7-19(5)26-25(29)21-10-12-28(13-11-21)33(30,31)24-20(6)27-32-23(24)9-8-22-17(3)14-16(2)15-18(22)4/h8-9,14-15,19,21H,7,10-13H2,1-6H3,(H,26,29)/b9-8+/t19-/m0/s1. The quantitative estimate of drug-likeness (QED) is 0.644. The number of amides is 1. The smallest absolute Gasteiger partial charge is 0.248 e. The second-order valence-corrected chi connectivity index (χ2v) is 11.0. The molecule has 1 aromatic carbocycles. The van der Waals surface area contributed by atoms with Gasteiger partial charge in [-0.05, 0) is 76.6 Å². The number of benzene rings is 1. The zero-order chi connectivity index (χ0) is 24.3. The van der Waals surface area contributed by atoms with Crippen LogP contribution >= 0.6 is 0 Å². The maximum atomic E-state index is 13.5. The average molecular weight is 474 g/mol. The summed E-state index contributed by atoms with van der Waals surface area (Å²) in [5, 5.41) is 6.94. The molecule has 1 atom stereocenters. The van der Waals surface area contributed by atoms with Crippen LogP contribution in [0.25, 0.3) is 12.2 Å². The van der Waals surface area contributed by atoms with Gasteiger partial charge in [-0.1, -0.05) is 35.9 Å². The minimum absolute atomic E-state index is 0.00927. The third-order valence-electron chi connectivity index (χ3n) is 6.40. The van der Waals surface area contributed by atoms with Crippen LogP contribution in [0, 0.1) is 33.6 Å². The summed E-state index contributed by atoms with van der Waals surface area (Å²) in [5.41, 5.74) is 4.78. The van der Waals surface area contributed by atoms with Crippen molar-refractivity contribution in [3.63, 3.8) is 0 Å². The van der Waals surface area contributed by atoms with E-state index in [1.807, 2.05) is 33.8 Å². The van der Waals surface area contributed by atoms with E-state index in [-0.39, 0.29) is 28.5 Å². The lowest BCUT2D eigenvalue weighted by Crippen LogP contribution is -2.44. The molecule has 3 rings (SSSR count). The maximum absolute atomic E-state index is 13.5. The fraction of sp³-hybridized carbons (Fsp3) is 0.520. The van der Waals surface area contributed by atoms with Crippen LogP contribution in [-0.4, -0.2) is 42.9 Å². The van der Waals surface area contributed by atoms with Gasteiger partial charge in [0, 0.05) is 25.0 Å². The molecule has 180 valence electrons. The van der Waals surface area contributed by atoms with Gasteiger partial charge in [-0.25, -0.2) is 8.42 Å². The van der Waals surface area contributed by atoms with Crippen molar-refractivity contribution in [3.8, 4) is 0 Å². The molecule has 1 aliphatic heterocycles. The van der Waals surface area contributed by atoms with Crippen molar-refractivity contribution in [3.05, 3.63) is 45.8 Å². The predicted octanol–water partition coefficient (Wildman–Crippen LogP) is 4.39. The van der Waals surface area contributed by atoms with Crippen LogP contribution in [0.5, 0.6) is 0 Å². The van der Waals surface area contributed by atoms with Gasteiger partial charge in [0.2, 0.25) is 15.9 Å². The van der Waals surface area contributed by atoms with E-state index in [4.69, 9.17) is 4.52 Å². The molecule has 0 saturated carbocycles. The van der Waals surface area contributed by atoms with Gasteiger partial charge in [-0.15, -0.1) is 0 Å². The average Bonchev–Trinajstić information content (AvgIpc) is 3.14. The third-order valence-corrected chi connectivity index (χ3v) is 8.45. The number of aryl methyl sites for hydroxylation is 4. The Morgan fingerprint density at radius 1 is 1.18 bits per heavy atom. The second-order valence-electron chi connectivity index (χ2n) is 9.10. The SMILES string of the molecule is CC[C@H](C)NC(=O)C1CCN(S(=O)(=O)c2c(C)noc2/C=C/c2c(C)cc(C)cc2C)CC1. The molecule has 2 heterocycles. The van der Waals surface area contributed by atoms with Gasteiger partial charge in [-0.3, -0.25) is 4.79 Å². The van der Waals surface area contributed by atoms with Crippen molar-refractivity contribution in [2.24, 2.45) is 5.92 Å². The Bertz CT molecular complexity index is 1120. The Hall–Kier alpha value is -2.45. The van der Waals surface area contributed by atoms with Crippen LogP contribution in [0.4, 0.5) is 0 Å². The molecule has 1 amide bonds. The number of hydrogen-bond acceptors (Lipinski definition) is 5. The topological polar surface area (TPSA) is 92.5 Å². The van der Waals surface area contributed by atoms with Gasteiger partial charge >= 0.3 is 0 Å². The lowest BCUT2D eigenvalue weighted by Gasteiger charge is -2.31. The molecule has 1 aliphatic rings. The summed E-state index contributed by atoms with van der Waals surface area (Å²) >= 11 is 0. The van der Waals surface area contributed by atoms with Gasteiger partial charge in [0.05, 0.1) is 0 Å².